The second kappa shape index (κ2) is 4.85. The lowest BCUT2D eigenvalue weighted by Crippen LogP contribution is -2.13. The number of nitrogen functional groups attached to an aromatic ring is 1. The van der Waals surface area contributed by atoms with E-state index in [2.05, 4.69) is 44.9 Å². The minimum absolute atomic E-state index is 0.0368. The summed E-state index contributed by atoms with van der Waals surface area (Å²) in [5, 5.41) is 4.21. The van der Waals surface area contributed by atoms with Crippen molar-refractivity contribution < 1.29 is 4.74 Å². The number of ether oxygens (including phenoxy) is 1. The van der Waals surface area contributed by atoms with E-state index in [0.717, 1.165) is 16.9 Å². The highest BCUT2D eigenvalue weighted by atomic mass is 16.5. The zero-order chi connectivity index (χ0) is 15.1. The van der Waals surface area contributed by atoms with E-state index in [1.54, 1.807) is 18.0 Å². The van der Waals surface area contributed by atoms with Crippen molar-refractivity contribution in [2.45, 2.75) is 33.1 Å². The third-order valence-corrected chi connectivity index (χ3v) is 3.63. The predicted octanol–water partition coefficient (Wildman–Crippen LogP) is 3.28. The Balaban J connectivity index is 2.66. The Morgan fingerprint density at radius 2 is 1.85 bits per heavy atom. The number of benzene rings is 1. The first-order valence-electron chi connectivity index (χ1n) is 6.72. The van der Waals surface area contributed by atoms with Gasteiger partial charge in [-0.15, -0.1) is 0 Å². The molecule has 2 N–H and O–H groups in total. The van der Waals surface area contributed by atoms with Gasteiger partial charge in [0.25, 0.3) is 0 Å². The van der Waals surface area contributed by atoms with Crippen molar-refractivity contribution >= 4 is 5.82 Å². The van der Waals surface area contributed by atoms with Gasteiger partial charge in [-0.05, 0) is 35.1 Å². The lowest BCUT2D eigenvalue weighted by molar-refractivity contribution is 0.397. The Morgan fingerprint density at radius 1 is 1.20 bits per heavy atom. The quantitative estimate of drug-likeness (QED) is 0.913. The second-order valence-electron chi connectivity index (χ2n) is 6.18. The highest BCUT2D eigenvalue weighted by molar-refractivity contribution is 5.77. The van der Waals surface area contributed by atoms with Crippen LogP contribution in [0.1, 0.15) is 31.9 Å². The summed E-state index contributed by atoms with van der Waals surface area (Å²) in [5.41, 5.74) is 10.5. The van der Waals surface area contributed by atoms with Crippen LogP contribution in [0.3, 0.4) is 0 Å². The van der Waals surface area contributed by atoms with Crippen LogP contribution in [-0.2, 0) is 12.5 Å². The Hall–Kier alpha value is -1.97. The fourth-order valence-electron chi connectivity index (χ4n) is 2.39. The van der Waals surface area contributed by atoms with Gasteiger partial charge in [-0.3, -0.25) is 4.68 Å². The van der Waals surface area contributed by atoms with Crippen LogP contribution in [0.15, 0.2) is 18.3 Å². The van der Waals surface area contributed by atoms with E-state index in [4.69, 9.17) is 10.5 Å². The standard InChI is InChI=1S/C16H23N3O/c1-10-7-13(16(2,3)4)14(20-6)8-11(10)12-9-18-19(5)15(12)17/h7-9H,17H2,1-6H3. The van der Waals surface area contributed by atoms with E-state index in [1.165, 1.54) is 11.1 Å². The number of hydrogen-bond acceptors (Lipinski definition) is 3. The summed E-state index contributed by atoms with van der Waals surface area (Å²) in [7, 11) is 3.55. The molecule has 0 bridgehead atoms. The van der Waals surface area contributed by atoms with Crippen molar-refractivity contribution in [3.05, 3.63) is 29.5 Å². The molecular weight excluding hydrogens is 250 g/mol. The lowest BCUT2D eigenvalue weighted by Gasteiger charge is -2.24. The monoisotopic (exact) mass is 273 g/mol. The van der Waals surface area contributed by atoms with Gasteiger partial charge >= 0.3 is 0 Å². The van der Waals surface area contributed by atoms with Crippen LogP contribution < -0.4 is 10.5 Å². The van der Waals surface area contributed by atoms with E-state index in [1.807, 2.05) is 7.05 Å². The fourth-order valence-corrected chi connectivity index (χ4v) is 2.39. The molecule has 2 rings (SSSR count). The SMILES string of the molecule is COc1cc(-c2cnn(C)c2N)c(C)cc1C(C)(C)C. The summed E-state index contributed by atoms with van der Waals surface area (Å²) in [4.78, 5) is 0. The number of aromatic nitrogens is 2. The number of aryl methyl sites for hydroxylation is 2. The average Bonchev–Trinajstić information content (AvgIpc) is 2.69. The summed E-state index contributed by atoms with van der Waals surface area (Å²) < 4.78 is 7.25. The average molecular weight is 273 g/mol. The van der Waals surface area contributed by atoms with E-state index in [9.17, 15) is 0 Å². The molecule has 0 amide bonds. The van der Waals surface area contributed by atoms with Gasteiger partial charge in [-0.1, -0.05) is 26.8 Å². The summed E-state index contributed by atoms with van der Waals surface area (Å²) in [6.45, 7) is 8.64. The molecule has 0 unspecified atom stereocenters. The van der Waals surface area contributed by atoms with Crippen LogP contribution in [0, 0.1) is 6.92 Å². The topological polar surface area (TPSA) is 53.1 Å². The summed E-state index contributed by atoms with van der Waals surface area (Å²) in [5.74, 6) is 1.56. The number of rotatable bonds is 2. The van der Waals surface area contributed by atoms with Crippen molar-refractivity contribution in [3.8, 4) is 16.9 Å². The molecule has 0 saturated heterocycles. The van der Waals surface area contributed by atoms with Gasteiger partial charge < -0.3 is 10.5 Å². The van der Waals surface area contributed by atoms with Gasteiger partial charge in [-0.25, -0.2) is 0 Å². The van der Waals surface area contributed by atoms with Crippen LogP contribution in [0.5, 0.6) is 5.75 Å². The van der Waals surface area contributed by atoms with Gasteiger partial charge in [0.05, 0.1) is 13.3 Å². The molecule has 0 radical (unpaired) electrons. The molecular formula is C16H23N3O. The Morgan fingerprint density at radius 3 is 2.30 bits per heavy atom. The van der Waals surface area contributed by atoms with Crippen molar-refractivity contribution in [1.82, 2.24) is 9.78 Å². The van der Waals surface area contributed by atoms with Gasteiger partial charge in [0.1, 0.15) is 11.6 Å². The molecule has 4 heteroatoms. The molecule has 1 aromatic carbocycles. The van der Waals surface area contributed by atoms with Crippen LogP contribution >= 0.6 is 0 Å². The highest BCUT2D eigenvalue weighted by Crippen LogP contribution is 2.38. The molecule has 108 valence electrons. The lowest BCUT2D eigenvalue weighted by atomic mass is 9.84. The zero-order valence-electron chi connectivity index (χ0n) is 13.1. The van der Waals surface area contributed by atoms with E-state index in [0.29, 0.717) is 5.82 Å². The van der Waals surface area contributed by atoms with Crippen LogP contribution in [0.2, 0.25) is 0 Å². The number of nitrogens with two attached hydrogens (primary N) is 1. The number of hydrogen-bond donors (Lipinski definition) is 1. The first-order valence-corrected chi connectivity index (χ1v) is 6.72. The largest absolute Gasteiger partial charge is 0.496 e. The van der Waals surface area contributed by atoms with Gasteiger partial charge in [0, 0.05) is 12.6 Å². The van der Waals surface area contributed by atoms with Gasteiger partial charge in [0.2, 0.25) is 0 Å². The van der Waals surface area contributed by atoms with Crippen molar-refractivity contribution in [2.24, 2.45) is 7.05 Å². The molecule has 1 aromatic heterocycles. The molecule has 20 heavy (non-hydrogen) atoms. The van der Waals surface area contributed by atoms with Gasteiger partial charge in [0.15, 0.2) is 0 Å². The van der Waals surface area contributed by atoms with E-state index < -0.39 is 0 Å². The molecule has 2 aromatic rings. The van der Waals surface area contributed by atoms with Crippen LogP contribution in [0.25, 0.3) is 11.1 Å². The maximum absolute atomic E-state index is 6.08. The van der Waals surface area contributed by atoms with Crippen molar-refractivity contribution in [3.63, 3.8) is 0 Å². The summed E-state index contributed by atoms with van der Waals surface area (Å²) >= 11 is 0. The Labute approximate surface area is 120 Å². The summed E-state index contributed by atoms with van der Waals surface area (Å²) in [6, 6.07) is 4.24. The van der Waals surface area contributed by atoms with Crippen LogP contribution in [-0.4, -0.2) is 16.9 Å². The maximum Gasteiger partial charge on any atom is 0.129 e. The number of anilines is 1. The predicted molar refractivity (Wildman–Crippen MR) is 83.0 cm³/mol. The third-order valence-electron chi connectivity index (χ3n) is 3.63. The maximum atomic E-state index is 6.08. The molecule has 0 spiro atoms. The third kappa shape index (κ3) is 2.38. The fraction of sp³-hybridized carbons (Fsp3) is 0.438. The minimum Gasteiger partial charge on any atom is -0.496 e. The van der Waals surface area contributed by atoms with Gasteiger partial charge in [-0.2, -0.15) is 5.10 Å². The molecule has 0 saturated carbocycles. The van der Waals surface area contributed by atoms with Crippen molar-refractivity contribution in [2.75, 3.05) is 12.8 Å². The van der Waals surface area contributed by atoms with E-state index >= 15 is 0 Å². The molecule has 0 aliphatic heterocycles. The van der Waals surface area contributed by atoms with Crippen LogP contribution in [0.4, 0.5) is 5.82 Å². The highest BCUT2D eigenvalue weighted by Gasteiger charge is 2.21. The van der Waals surface area contributed by atoms with Crippen molar-refractivity contribution in [1.29, 1.82) is 0 Å². The first-order chi connectivity index (χ1) is 9.25. The molecule has 0 aliphatic carbocycles. The summed E-state index contributed by atoms with van der Waals surface area (Å²) in [6.07, 6.45) is 1.80. The molecule has 0 atom stereocenters. The zero-order valence-corrected chi connectivity index (χ0v) is 13.1. The molecule has 4 nitrogen and oxygen atoms in total. The Kier molecular flexibility index (Phi) is 3.50. The minimum atomic E-state index is 0.0368. The molecule has 0 fully saturated rings. The molecule has 1 heterocycles. The first kappa shape index (κ1) is 14.4. The van der Waals surface area contributed by atoms with E-state index in [-0.39, 0.29) is 5.41 Å². The Bertz CT molecular complexity index is 636. The normalized spacial score (nSPS) is 11.7. The number of methoxy groups -OCH3 is 1. The molecule has 0 aliphatic rings. The smallest absolute Gasteiger partial charge is 0.129 e. The second-order valence-corrected chi connectivity index (χ2v) is 6.18. The number of nitrogens with zero attached hydrogens (tertiary/aromatic N) is 2.